The minimum absolute atomic E-state index is 0.110. The number of hydrogen-bond donors (Lipinski definition) is 2. The average Bonchev–Trinajstić information content (AvgIpc) is 2.04. The summed E-state index contributed by atoms with van der Waals surface area (Å²) < 4.78 is 0. The fourth-order valence-electron chi connectivity index (χ4n) is 0.726. The molecule has 0 spiro atoms. The van der Waals surface area contributed by atoms with E-state index in [1.54, 1.807) is 11.8 Å². The average molecular weight is 178 g/mol. The molecule has 0 bridgehead atoms. The van der Waals surface area contributed by atoms with Gasteiger partial charge < -0.3 is 10.2 Å². The lowest BCUT2D eigenvalue weighted by Crippen LogP contribution is -2.14. The summed E-state index contributed by atoms with van der Waals surface area (Å²) in [5, 5.41) is 17.4. The van der Waals surface area contributed by atoms with Crippen LogP contribution in [0.3, 0.4) is 0 Å². The van der Waals surface area contributed by atoms with Crippen molar-refractivity contribution in [1.82, 2.24) is 0 Å². The SMILES string of the molecule is CCCCCSCC(O)CO. The van der Waals surface area contributed by atoms with Gasteiger partial charge in [0.1, 0.15) is 0 Å². The molecule has 0 aliphatic rings. The second-order valence-electron chi connectivity index (χ2n) is 2.62. The van der Waals surface area contributed by atoms with Crippen LogP contribution in [0.25, 0.3) is 0 Å². The third-order valence-corrected chi connectivity index (χ3v) is 2.61. The van der Waals surface area contributed by atoms with E-state index in [0.29, 0.717) is 5.75 Å². The predicted molar refractivity (Wildman–Crippen MR) is 49.9 cm³/mol. The number of unbranched alkanes of at least 4 members (excludes halogenated alkanes) is 2. The Labute approximate surface area is 73.0 Å². The van der Waals surface area contributed by atoms with Crippen molar-refractivity contribution in [2.75, 3.05) is 18.1 Å². The summed E-state index contributed by atoms with van der Waals surface area (Å²) in [7, 11) is 0. The fourth-order valence-corrected chi connectivity index (χ4v) is 1.68. The van der Waals surface area contributed by atoms with E-state index in [0.717, 1.165) is 5.75 Å². The van der Waals surface area contributed by atoms with Crippen molar-refractivity contribution in [3.05, 3.63) is 0 Å². The first kappa shape index (κ1) is 11.3. The third kappa shape index (κ3) is 8.17. The fraction of sp³-hybridized carbons (Fsp3) is 1.00. The van der Waals surface area contributed by atoms with Crippen LogP contribution in [-0.4, -0.2) is 34.4 Å². The molecule has 1 unspecified atom stereocenters. The molecule has 0 aromatic carbocycles. The van der Waals surface area contributed by atoms with Gasteiger partial charge in [-0.05, 0) is 12.2 Å². The molecular formula is C8H18O2S. The Hall–Kier alpha value is 0.270. The Balaban J connectivity index is 2.89. The normalized spacial score (nSPS) is 13.4. The quantitative estimate of drug-likeness (QED) is 0.577. The zero-order valence-corrected chi connectivity index (χ0v) is 7.94. The van der Waals surface area contributed by atoms with Crippen LogP contribution >= 0.6 is 11.8 Å². The van der Waals surface area contributed by atoms with E-state index in [1.165, 1.54) is 19.3 Å². The van der Waals surface area contributed by atoms with Gasteiger partial charge in [-0.15, -0.1) is 0 Å². The van der Waals surface area contributed by atoms with Crippen LogP contribution in [0.4, 0.5) is 0 Å². The molecule has 3 heteroatoms. The maximum absolute atomic E-state index is 8.94. The summed E-state index contributed by atoms with van der Waals surface area (Å²) in [5.74, 6) is 1.77. The summed E-state index contributed by atoms with van der Waals surface area (Å²) in [6.45, 7) is 2.06. The number of rotatable bonds is 7. The third-order valence-electron chi connectivity index (χ3n) is 1.41. The molecule has 0 aliphatic heterocycles. The van der Waals surface area contributed by atoms with Crippen LogP contribution in [0.1, 0.15) is 26.2 Å². The minimum atomic E-state index is -0.526. The second-order valence-corrected chi connectivity index (χ2v) is 3.77. The van der Waals surface area contributed by atoms with Gasteiger partial charge in [0.25, 0.3) is 0 Å². The molecule has 1 atom stereocenters. The monoisotopic (exact) mass is 178 g/mol. The van der Waals surface area contributed by atoms with Crippen molar-refractivity contribution in [1.29, 1.82) is 0 Å². The maximum Gasteiger partial charge on any atom is 0.0861 e. The molecule has 2 nitrogen and oxygen atoms in total. The maximum atomic E-state index is 8.94. The van der Waals surface area contributed by atoms with Gasteiger partial charge in [-0.1, -0.05) is 19.8 Å². The predicted octanol–water partition coefficient (Wildman–Crippen LogP) is 1.26. The summed E-state index contributed by atoms with van der Waals surface area (Å²) in [5.41, 5.74) is 0. The largest absolute Gasteiger partial charge is 0.394 e. The van der Waals surface area contributed by atoms with Gasteiger partial charge >= 0.3 is 0 Å². The highest BCUT2D eigenvalue weighted by Crippen LogP contribution is 2.07. The Morgan fingerprint density at radius 3 is 2.64 bits per heavy atom. The lowest BCUT2D eigenvalue weighted by atomic mass is 10.3. The minimum Gasteiger partial charge on any atom is -0.394 e. The molecule has 0 heterocycles. The van der Waals surface area contributed by atoms with Gasteiger partial charge in [-0.3, -0.25) is 0 Å². The van der Waals surface area contributed by atoms with Gasteiger partial charge in [-0.25, -0.2) is 0 Å². The molecule has 0 amide bonds. The Morgan fingerprint density at radius 1 is 1.36 bits per heavy atom. The zero-order valence-electron chi connectivity index (χ0n) is 7.12. The highest BCUT2D eigenvalue weighted by Gasteiger charge is 2.00. The number of aliphatic hydroxyl groups excluding tert-OH is 2. The first-order chi connectivity index (χ1) is 5.31. The molecule has 68 valence electrons. The molecule has 0 saturated heterocycles. The standard InChI is InChI=1S/C8H18O2S/c1-2-3-4-5-11-7-8(10)6-9/h8-10H,2-7H2,1H3. The van der Waals surface area contributed by atoms with Crippen LogP contribution in [-0.2, 0) is 0 Å². The highest BCUT2D eigenvalue weighted by atomic mass is 32.2. The van der Waals surface area contributed by atoms with Crippen LogP contribution in [0.5, 0.6) is 0 Å². The van der Waals surface area contributed by atoms with E-state index in [1.807, 2.05) is 0 Å². The van der Waals surface area contributed by atoms with E-state index < -0.39 is 6.10 Å². The smallest absolute Gasteiger partial charge is 0.0861 e. The van der Waals surface area contributed by atoms with E-state index in [9.17, 15) is 0 Å². The van der Waals surface area contributed by atoms with Crippen molar-refractivity contribution in [2.45, 2.75) is 32.3 Å². The van der Waals surface area contributed by atoms with Gasteiger partial charge in [0.05, 0.1) is 12.7 Å². The van der Waals surface area contributed by atoms with Crippen molar-refractivity contribution >= 4 is 11.8 Å². The zero-order chi connectivity index (χ0) is 8.53. The molecule has 0 aromatic heterocycles. The molecule has 0 rings (SSSR count). The summed E-state index contributed by atoms with van der Waals surface area (Å²) >= 11 is 1.72. The van der Waals surface area contributed by atoms with Crippen molar-refractivity contribution in [3.8, 4) is 0 Å². The highest BCUT2D eigenvalue weighted by molar-refractivity contribution is 7.99. The van der Waals surface area contributed by atoms with Gasteiger partial charge in [0.2, 0.25) is 0 Å². The summed E-state index contributed by atoms with van der Waals surface area (Å²) in [4.78, 5) is 0. The van der Waals surface area contributed by atoms with Crippen LogP contribution < -0.4 is 0 Å². The van der Waals surface area contributed by atoms with Crippen molar-refractivity contribution in [3.63, 3.8) is 0 Å². The van der Waals surface area contributed by atoms with E-state index >= 15 is 0 Å². The molecular weight excluding hydrogens is 160 g/mol. The lowest BCUT2D eigenvalue weighted by Gasteiger charge is -2.05. The summed E-state index contributed by atoms with van der Waals surface area (Å²) in [6, 6.07) is 0. The molecule has 11 heavy (non-hydrogen) atoms. The molecule has 0 fully saturated rings. The molecule has 0 aliphatic carbocycles. The Kier molecular flexibility index (Phi) is 8.57. The molecule has 0 radical (unpaired) electrons. The molecule has 2 N–H and O–H groups in total. The number of thioether (sulfide) groups is 1. The van der Waals surface area contributed by atoms with E-state index in [4.69, 9.17) is 10.2 Å². The Morgan fingerprint density at radius 2 is 2.09 bits per heavy atom. The number of aliphatic hydroxyl groups is 2. The Bertz CT molecular complexity index is 78.5. The second kappa shape index (κ2) is 8.37. The van der Waals surface area contributed by atoms with Gasteiger partial charge in [-0.2, -0.15) is 11.8 Å². The van der Waals surface area contributed by atoms with Crippen molar-refractivity contribution < 1.29 is 10.2 Å². The first-order valence-corrected chi connectivity index (χ1v) is 5.33. The summed E-state index contributed by atoms with van der Waals surface area (Å²) in [6.07, 6.45) is 3.20. The topological polar surface area (TPSA) is 40.5 Å². The molecule has 0 aromatic rings. The van der Waals surface area contributed by atoms with Crippen molar-refractivity contribution in [2.24, 2.45) is 0 Å². The first-order valence-electron chi connectivity index (χ1n) is 4.18. The van der Waals surface area contributed by atoms with E-state index in [2.05, 4.69) is 6.92 Å². The lowest BCUT2D eigenvalue weighted by molar-refractivity contribution is 0.113. The van der Waals surface area contributed by atoms with E-state index in [-0.39, 0.29) is 6.61 Å². The van der Waals surface area contributed by atoms with Crippen LogP contribution in [0, 0.1) is 0 Å². The molecule has 0 saturated carbocycles. The van der Waals surface area contributed by atoms with Gasteiger partial charge in [0.15, 0.2) is 0 Å². The van der Waals surface area contributed by atoms with Gasteiger partial charge in [0, 0.05) is 5.75 Å². The number of hydrogen-bond acceptors (Lipinski definition) is 3. The van der Waals surface area contributed by atoms with Crippen LogP contribution in [0.2, 0.25) is 0 Å². The van der Waals surface area contributed by atoms with Crippen LogP contribution in [0.15, 0.2) is 0 Å².